The third-order valence-corrected chi connectivity index (χ3v) is 7.23. The van der Waals surface area contributed by atoms with Gasteiger partial charge in [0.05, 0.1) is 5.92 Å². The second-order valence-corrected chi connectivity index (χ2v) is 9.67. The number of nitrogens with zero attached hydrogens (tertiary/aromatic N) is 4. The number of hydrogen-bond acceptors (Lipinski definition) is 5. The van der Waals surface area contributed by atoms with Crippen molar-refractivity contribution in [3.05, 3.63) is 64.4 Å². The number of halogens is 1. The average molecular weight is 479 g/mol. The molecule has 5 rings (SSSR count). The van der Waals surface area contributed by atoms with Gasteiger partial charge in [0.1, 0.15) is 0 Å². The molecule has 1 atom stereocenters. The molecule has 0 unspecified atom stereocenters. The molecule has 34 heavy (non-hydrogen) atoms. The Morgan fingerprint density at radius 3 is 2.50 bits per heavy atom. The van der Waals surface area contributed by atoms with Crippen LogP contribution in [0, 0.1) is 19.8 Å². The van der Waals surface area contributed by atoms with Crippen molar-refractivity contribution in [2.45, 2.75) is 39.0 Å². The van der Waals surface area contributed by atoms with Crippen LogP contribution in [0.5, 0.6) is 0 Å². The zero-order valence-corrected chi connectivity index (χ0v) is 20.1. The summed E-state index contributed by atoms with van der Waals surface area (Å²) in [6.07, 6.45) is 1.81. The zero-order valence-electron chi connectivity index (χ0n) is 19.3. The summed E-state index contributed by atoms with van der Waals surface area (Å²) in [5.41, 5.74) is 4.03. The number of likely N-dealkylation sites (tertiary alicyclic amines) is 1. The van der Waals surface area contributed by atoms with Gasteiger partial charge in [0.2, 0.25) is 11.8 Å². The van der Waals surface area contributed by atoms with Gasteiger partial charge < -0.3 is 14.3 Å². The van der Waals surface area contributed by atoms with E-state index in [-0.39, 0.29) is 30.1 Å². The fourth-order valence-electron chi connectivity index (χ4n) is 4.74. The zero-order chi connectivity index (χ0) is 23.8. The Morgan fingerprint density at radius 2 is 1.79 bits per heavy atom. The van der Waals surface area contributed by atoms with Crippen LogP contribution in [0.3, 0.4) is 0 Å². The van der Waals surface area contributed by atoms with E-state index in [4.69, 9.17) is 16.1 Å². The first-order chi connectivity index (χ1) is 16.4. The van der Waals surface area contributed by atoms with Crippen molar-refractivity contribution in [2.75, 3.05) is 24.5 Å². The summed E-state index contributed by atoms with van der Waals surface area (Å²) in [5, 5.41) is 4.83. The van der Waals surface area contributed by atoms with Crippen molar-refractivity contribution in [1.29, 1.82) is 0 Å². The molecular weight excluding hydrogens is 452 g/mol. The van der Waals surface area contributed by atoms with E-state index in [1.807, 2.05) is 49.1 Å². The number of rotatable bonds is 4. The minimum absolute atomic E-state index is 0.0121. The van der Waals surface area contributed by atoms with Gasteiger partial charge in [-0.2, -0.15) is 4.98 Å². The Kier molecular flexibility index (Phi) is 6.13. The molecule has 2 aliphatic heterocycles. The lowest BCUT2D eigenvalue weighted by Crippen LogP contribution is -2.42. The molecule has 0 spiro atoms. The second-order valence-electron chi connectivity index (χ2n) is 9.24. The number of carbonyl (C=O) groups is 2. The van der Waals surface area contributed by atoms with E-state index in [0.29, 0.717) is 36.4 Å². The fourth-order valence-corrected chi connectivity index (χ4v) is 4.87. The molecule has 0 saturated carbocycles. The van der Waals surface area contributed by atoms with Gasteiger partial charge in [-0.3, -0.25) is 9.59 Å². The topological polar surface area (TPSA) is 79.5 Å². The SMILES string of the molecule is Cc1ccc(N2C[C@H](C(=O)N3CCC(c4noc(-c5ccc(Cl)cc5)n4)CC3)CC2=O)cc1C. The van der Waals surface area contributed by atoms with E-state index in [1.165, 1.54) is 5.56 Å². The number of aryl methyl sites for hydroxylation is 2. The van der Waals surface area contributed by atoms with Gasteiger partial charge in [-0.25, -0.2) is 0 Å². The number of piperidine rings is 1. The van der Waals surface area contributed by atoms with Crippen LogP contribution in [0.2, 0.25) is 5.02 Å². The Bertz CT molecular complexity index is 1220. The lowest BCUT2D eigenvalue weighted by molar-refractivity contribution is -0.136. The molecule has 2 amide bonds. The van der Waals surface area contributed by atoms with Crippen LogP contribution in [0.1, 0.15) is 42.1 Å². The van der Waals surface area contributed by atoms with Crippen LogP contribution in [0.25, 0.3) is 11.5 Å². The molecule has 176 valence electrons. The summed E-state index contributed by atoms with van der Waals surface area (Å²) in [6, 6.07) is 13.3. The molecule has 0 radical (unpaired) electrons. The highest BCUT2D eigenvalue weighted by molar-refractivity contribution is 6.30. The molecule has 0 bridgehead atoms. The summed E-state index contributed by atoms with van der Waals surface area (Å²) in [6.45, 7) is 5.78. The van der Waals surface area contributed by atoms with Gasteiger partial charge in [0, 0.05) is 48.2 Å². The largest absolute Gasteiger partial charge is 0.342 e. The fraction of sp³-hybridized carbons (Fsp3) is 0.385. The first-order valence-corrected chi connectivity index (χ1v) is 12.0. The summed E-state index contributed by atoms with van der Waals surface area (Å²) in [4.78, 5) is 34.1. The summed E-state index contributed by atoms with van der Waals surface area (Å²) in [5.74, 6) is 1.07. The van der Waals surface area contributed by atoms with Crippen molar-refractivity contribution < 1.29 is 14.1 Å². The third-order valence-electron chi connectivity index (χ3n) is 6.98. The van der Waals surface area contributed by atoms with E-state index in [0.717, 1.165) is 29.7 Å². The number of amides is 2. The van der Waals surface area contributed by atoms with Gasteiger partial charge in [-0.05, 0) is 74.2 Å². The van der Waals surface area contributed by atoms with Crippen molar-refractivity contribution >= 4 is 29.1 Å². The van der Waals surface area contributed by atoms with E-state index >= 15 is 0 Å². The first-order valence-electron chi connectivity index (χ1n) is 11.6. The Labute approximate surface area is 203 Å². The van der Waals surface area contributed by atoms with E-state index < -0.39 is 0 Å². The number of carbonyl (C=O) groups excluding carboxylic acids is 2. The van der Waals surface area contributed by atoms with Crippen molar-refractivity contribution in [3.63, 3.8) is 0 Å². The molecule has 2 saturated heterocycles. The maximum Gasteiger partial charge on any atom is 0.257 e. The predicted molar refractivity (Wildman–Crippen MR) is 130 cm³/mol. The molecule has 2 fully saturated rings. The van der Waals surface area contributed by atoms with E-state index in [1.54, 1.807) is 17.0 Å². The van der Waals surface area contributed by atoms with Crippen molar-refractivity contribution in [2.24, 2.45) is 5.92 Å². The number of benzene rings is 2. The van der Waals surface area contributed by atoms with Gasteiger partial charge in [-0.15, -0.1) is 0 Å². The lowest BCUT2D eigenvalue weighted by atomic mass is 9.95. The highest BCUT2D eigenvalue weighted by atomic mass is 35.5. The molecule has 2 aromatic carbocycles. The van der Waals surface area contributed by atoms with Crippen LogP contribution in [-0.4, -0.2) is 46.5 Å². The minimum Gasteiger partial charge on any atom is -0.342 e. The molecule has 1 aromatic heterocycles. The average Bonchev–Trinajstić information content (AvgIpc) is 3.48. The van der Waals surface area contributed by atoms with Crippen molar-refractivity contribution in [1.82, 2.24) is 15.0 Å². The van der Waals surface area contributed by atoms with Crippen LogP contribution in [-0.2, 0) is 9.59 Å². The minimum atomic E-state index is -0.299. The molecule has 0 N–H and O–H groups in total. The molecule has 8 heteroatoms. The monoisotopic (exact) mass is 478 g/mol. The number of hydrogen-bond donors (Lipinski definition) is 0. The van der Waals surface area contributed by atoms with E-state index in [9.17, 15) is 9.59 Å². The van der Waals surface area contributed by atoms with Crippen LogP contribution >= 0.6 is 11.6 Å². The quantitative estimate of drug-likeness (QED) is 0.539. The molecular formula is C26H27ClN4O3. The maximum absolute atomic E-state index is 13.2. The highest BCUT2D eigenvalue weighted by Gasteiger charge is 2.38. The third kappa shape index (κ3) is 4.44. The molecule has 2 aliphatic rings. The summed E-state index contributed by atoms with van der Waals surface area (Å²) in [7, 11) is 0. The van der Waals surface area contributed by atoms with Gasteiger partial charge in [0.25, 0.3) is 5.89 Å². The molecule has 7 nitrogen and oxygen atoms in total. The summed E-state index contributed by atoms with van der Waals surface area (Å²) < 4.78 is 5.45. The lowest BCUT2D eigenvalue weighted by Gasteiger charge is -2.32. The van der Waals surface area contributed by atoms with Gasteiger partial charge >= 0.3 is 0 Å². The second kappa shape index (κ2) is 9.22. The first kappa shape index (κ1) is 22.6. The number of anilines is 1. The predicted octanol–water partition coefficient (Wildman–Crippen LogP) is 4.77. The van der Waals surface area contributed by atoms with Gasteiger partial charge in [0.15, 0.2) is 5.82 Å². The van der Waals surface area contributed by atoms with Crippen molar-refractivity contribution in [3.8, 4) is 11.5 Å². The number of aromatic nitrogens is 2. The summed E-state index contributed by atoms with van der Waals surface area (Å²) >= 11 is 5.95. The van der Waals surface area contributed by atoms with Crippen LogP contribution < -0.4 is 4.90 Å². The van der Waals surface area contributed by atoms with E-state index in [2.05, 4.69) is 10.1 Å². The maximum atomic E-state index is 13.2. The molecule has 3 aromatic rings. The Morgan fingerprint density at radius 1 is 1.06 bits per heavy atom. The normalized spacial score (nSPS) is 19.1. The highest BCUT2D eigenvalue weighted by Crippen LogP contribution is 2.32. The smallest absolute Gasteiger partial charge is 0.257 e. The van der Waals surface area contributed by atoms with Crippen LogP contribution in [0.15, 0.2) is 47.0 Å². The molecule has 0 aliphatic carbocycles. The standard InChI is InChI=1S/C26H27ClN4O3/c1-16-3-8-22(13-17(16)2)31-15-20(14-23(31)32)26(33)30-11-9-18(10-12-30)24-28-25(34-29-24)19-4-6-21(27)7-5-19/h3-8,13,18,20H,9-12,14-15H2,1-2H3/t20-/m1/s1. The Balaban J connectivity index is 1.19. The van der Waals surface area contributed by atoms with Gasteiger partial charge in [-0.1, -0.05) is 22.8 Å². The molecule has 3 heterocycles. The Hall–Kier alpha value is -3.19. The van der Waals surface area contributed by atoms with Crippen LogP contribution in [0.4, 0.5) is 5.69 Å².